The Hall–Kier alpha value is -4.89. The quantitative estimate of drug-likeness (QED) is 0.195. The van der Waals surface area contributed by atoms with Crippen LogP contribution in [0.2, 0.25) is 0 Å². The highest BCUT2D eigenvalue weighted by molar-refractivity contribution is 5.88. The summed E-state index contributed by atoms with van der Waals surface area (Å²) in [4.78, 5) is 15.8. The third kappa shape index (κ3) is 3.71. The van der Waals surface area contributed by atoms with Crippen molar-refractivity contribution >= 4 is 0 Å². The molecule has 0 radical (unpaired) electrons. The van der Waals surface area contributed by atoms with Crippen LogP contribution in [0, 0.1) is 23.7 Å². The molecule has 0 atom stereocenters. The molecule has 6 aromatic rings. The highest BCUT2D eigenvalue weighted by Crippen LogP contribution is 2.69. The van der Waals surface area contributed by atoms with Crippen LogP contribution in [0.15, 0.2) is 115 Å². The maximum Gasteiger partial charge on any atom is 0.164 e. The monoisotopic (exact) mass is 633 g/mol. The van der Waals surface area contributed by atoms with Crippen molar-refractivity contribution in [2.24, 2.45) is 23.7 Å². The second kappa shape index (κ2) is 9.85. The van der Waals surface area contributed by atoms with Crippen LogP contribution in [0.3, 0.4) is 0 Å². The summed E-state index contributed by atoms with van der Waals surface area (Å²) >= 11 is 0. The van der Waals surface area contributed by atoms with Crippen molar-refractivity contribution in [1.29, 1.82) is 0 Å². The minimum absolute atomic E-state index is 0.155. The number of nitrogens with zero attached hydrogens (tertiary/aromatic N) is 3. The molecule has 49 heavy (non-hydrogen) atoms. The molecule has 4 fully saturated rings. The maximum absolute atomic E-state index is 5.34. The van der Waals surface area contributed by atoms with Crippen molar-refractivity contribution < 1.29 is 0 Å². The summed E-state index contributed by atoms with van der Waals surface area (Å²) in [5.74, 6) is 5.55. The molecule has 0 unspecified atom stereocenters. The van der Waals surface area contributed by atoms with Crippen LogP contribution >= 0.6 is 0 Å². The summed E-state index contributed by atoms with van der Waals surface area (Å²) in [5.41, 5.74) is 14.3. The molecule has 1 heterocycles. The zero-order valence-corrected chi connectivity index (χ0v) is 28.2. The number of aromatic nitrogens is 3. The Labute approximate surface area is 288 Å². The third-order valence-electron chi connectivity index (χ3n) is 13.3. The molecule has 6 aliphatic rings. The highest BCUT2D eigenvalue weighted by atomic mass is 15.0. The predicted octanol–water partition coefficient (Wildman–Crippen LogP) is 10.9. The molecule has 6 aliphatic carbocycles. The number of fused-ring (bicyclic) bond motifs is 6. The van der Waals surface area contributed by atoms with Gasteiger partial charge < -0.3 is 0 Å². The summed E-state index contributed by atoms with van der Waals surface area (Å²) in [6.45, 7) is 4.67. The largest absolute Gasteiger partial charge is 0.208 e. The van der Waals surface area contributed by atoms with Crippen molar-refractivity contribution in [3.8, 4) is 56.4 Å². The molecule has 0 amide bonds. The van der Waals surface area contributed by atoms with Gasteiger partial charge in [0.2, 0.25) is 0 Å². The van der Waals surface area contributed by atoms with Crippen LogP contribution < -0.4 is 0 Å². The molecule has 0 N–H and O–H groups in total. The van der Waals surface area contributed by atoms with E-state index in [0.29, 0.717) is 5.82 Å². The second-order valence-electron chi connectivity index (χ2n) is 16.1. The second-order valence-corrected chi connectivity index (χ2v) is 16.1. The molecule has 0 saturated heterocycles. The van der Waals surface area contributed by atoms with Gasteiger partial charge in [-0.05, 0) is 106 Å². The van der Waals surface area contributed by atoms with Crippen LogP contribution in [0.5, 0.6) is 0 Å². The van der Waals surface area contributed by atoms with E-state index >= 15 is 0 Å². The van der Waals surface area contributed by atoms with Gasteiger partial charge in [0.1, 0.15) is 0 Å². The summed E-state index contributed by atoms with van der Waals surface area (Å²) in [7, 11) is 0. The van der Waals surface area contributed by atoms with Crippen molar-refractivity contribution in [3.05, 3.63) is 138 Å². The van der Waals surface area contributed by atoms with Crippen molar-refractivity contribution in [3.63, 3.8) is 0 Å². The van der Waals surface area contributed by atoms with E-state index in [1.807, 2.05) is 6.07 Å². The van der Waals surface area contributed by atoms with E-state index in [9.17, 15) is 0 Å². The van der Waals surface area contributed by atoms with Crippen molar-refractivity contribution in [2.75, 3.05) is 0 Å². The SMILES string of the molecule is CC1(C)c2ccccc2-c2cccc(-c3nc(-c4ccccc4)nc(-c4ccc5c(c4)-c4ccccc4C54C5CC6CC(C5)CC4C6)n3)c21. The van der Waals surface area contributed by atoms with E-state index in [-0.39, 0.29) is 10.8 Å². The average molecular weight is 634 g/mol. The first-order valence-corrected chi connectivity index (χ1v) is 18.3. The van der Waals surface area contributed by atoms with E-state index < -0.39 is 0 Å². The fourth-order valence-corrected chi connectivity index (χ4v) is 11.7. The number of hydrogen-bond acceptors (Lipinski definition) is 3. The minimum atomic E-state index is -0.174. The average Bonchev–Trinajstić information content (AvgIpc) is 3.56. The number of hydrogen-bond donors (Lipinski definition) is 0. The minimum Gasteiger partial charge on any atom is -0.208 e. The van der Waals surface area contributed by atoms with Crippen molar-refractivity contribution in [1.82, 2.24) is 15.0 Å². The Morgan fingerprint density at radius 1 is 0.449 bits per heavy atom. The van der Waals surface area contributed by atoms with Crippen LogP contribution in [-0.2, 0) is 10.8 Å². The first-order valence-electron chi connectivity index (χ1n) is 18.3. The molecule has 5 aromatic carbocycles. The molecule has 3 nitrogen and oxygen atoms in total. The molecule has 1 spiro atoms. The Balaban J connectivity index is 1.11. The lowest BCUT2D eigenvalue weighted by molar-refractivity contribution is -0.0399. The van der Waals surface area contributed by atoms with Gasteiger partial charge in [-0.3, -0.25) is 0 Å². The molecular weight excluding hydrogens is 595 g/mol. The molecule has 4 saturated carbocycles. The van der Waals surface area contributed by atoms with E-state index in [1.54, 1.807) is 11.1 Å². The molecule has 238 valence electrons. The smallest absolute Gasteiger partial charge is 0.164 e. The fourth-order valence-electron chi connectivity index (χ4n) is 11.7. The van der Waals surface area contributed by atoms with Gasteiger partial charge in [-0.1, -0.05) is 123 Å². The van der Waals surface area contributed by atoms with E-state index in [1.165, 1.54) is 65.5 Å². The van der Waals surface area contributed by atoms with Crippen molar-refractivity contribution in [2.45, 2.75) is 56.8 Å². The van der Waals surface area contributed by atoms with Gasteiger partial charge in [0, 0.05) is 27.5 Å². The lowest BCUT2D eigenvalue weighted by atomic mass is 9.43. The van der Waals surface area contributed by atoms with Crippen LogP contribution in [-0.4, -0.2) is 15.0 Å². The molecule has 1 aromatic heterocycles. The molecular formula is C46H39N3. The van der Waals surface area contributed by atoms with Gasteiger partial charge in [0.25, 0.3) is 0 Å². The maximum atomic E-state index is 5.34. The summed E-state index contributed by atoms with van der Waals surface area (Å²) < 4.78 is 0. The van der Waals surface area contributed by atoms with E-state index in [2.05, 4.69) is 123 Å². The van der Waals surface area contributed by atoms with Gasteiger partial charge in [-0.2, -0.15) is 0 Å². The first-order chi connectivity index (χ1) is 24.0. The van der Waals surface area contributed by atoms with Crippen LogP contribution in [0.4, 0.5) is 0 Å². The van der Waals surface area contributed by atoms with Gasteiger partial charge in [0.15, 0.2) is 17.5 Å². The van der Waals surface area contributed by atoms with Gasteiger partial charge in [0.05, 0.1) is 0 Å². The zero-order chi connectivity index (χ0) is 32.5. The van der Waals surface area contributed by atoms with Gasteiger partial charge >= 0.3 is 0 Å². The standard InChI is InChI=1S/C46H39N3/c1-45(2)38-17-8-6-13-33(38)35-15-10-16-36(41(35)45)44-48-42(29-11-4-3-5-12-29)47-43(49-44)30-19-20-40-37(26-30)34-14-7-9-18-39(34)46(40)31-22-27-21-28(24-31)25-32(46)23-27/h3-20,26-28,31-32H,21-25H2,1-2H3. The van der Waals surface area contributed by atoms with Crippen LogP contribution in [0.25, 0.3) is 56.4 Å². The Kier molecular flexibility index (Phi) is 5.63. The zero-order valence-electron chi connectivity index (χ0n) is 28.2. The van der Waals surface area contributed by atoms with Crippen LogP contribution in [0.1, 0.15) is 68.2 Å². The molecule has 0 aliphatic heterocycles. The molecule has 3 heteroatoms. The summed E-state index contributed by atoms with van der Waals surface area (Å²) in [5, 5.41) is 0. The Morgan fingerprint density at radius 3 is 1.73 bits per heavy atom. The number of rotatable bonds is 3. The highest BCUT2D eigenvalue weighted by Gasteiger charge is 2.61. The lowest BCUT2D eigenvalue weighted by Gasteiger charge is -2.61. The van der Waals surface area contributed by atoms with E-state index in [4.69, 9.17) is 15.0 Å². The molecule has 12 rings (SSSR count). The lowest BCUT2D eigenvalue weighted by Crippen LogP contribution is -2.55. The molecule has 4 bridgehead atoms. The third-order valence-corrected chi connectivity index (χ3v) is 13.3. The van der Waals surface area contributed by atoms with Gasteiger partial charge in [-0.15, -0.1) is 0 Å². The topological polar surface area (TPSA) is 38.7 Å². The summed E-state index contributed by atoms with van der Waals surface area (Å²) in [6, 6.07) is 42.4. The number of benzene rings is 5. The predicted molar refractivity (Wildman–Crippen MR) is 197 cm³/mol. The fraction of sp³-hybridized carbons (Fsp3) is 0.283. The van der Waals surface area contributed by atoms with E-state index in [0.717, 1.165) is 52.0 Å². The Morgan fingerprint density at radius 2 is 1.00 bits per heavy atom. The van der Waals surface area contributed by atoms with Gasteiger partial charge in [-0.25, -0.2) is 15.0 Å². The Bertz CT molecular complexity index is 2310. The summed E-state index contributed by atoms with van der Waals surface area (Å²) in [6.07, 6.45) is 7.03. The normalized spacial score (nSPS) is 26.0. The first kappa shape index (κ1) is 28.0.